The van der Waals surface area contributed by atoms with Crippen molar-refractivity contribution < 1.29 is 26.3 Å². The van der Waals surface area contributed by atoms with Crippen LogP contribution in [0.1, 0.15) is 19.8 Å². The Kier molecular flexibility index (Phi) is 5.12. The minimum atomic E-state index is 0. The summed E-state index contributed by atoms with van der Waals surface area (Å²) >= 11 is 1.96. The molecule has 2 nitrogen and oxygen atoms in total. The Labute approximate surface area is 115 Å². The average molecular weight is 365 g/mol. The van der Waals surface area contributed by atoms with Crippen molar-refractivity contribution in [2.75, 3.05) is 0 Å². The van der Waals surface area contributed by atoms with Gasteiger partial charge in [-0.05, 0) is 0 Å². The van der Waals surface area contributed by atoms with E-state index in [1.807, 2.05) is 22.2 Å². The van der Waals surface area contributed by atoms with Gasteiger partial charge in [-0.1, -0.05) is 0 Å². The average Bonchev–Trinajstić information content (AvgIpc) is 2.83. The molecule has 2 aromatic heterocycles. The predicted molar refractivity (Wildman–Crippen MR) is 61.7 cm³/mol. The maximum absolute atomic E-state index is 11.9. The second kappa shape index (κ2) is 5.92. The summed E-state index contributed by atoms with van der Waals surface area (Å²) in [6.45, 7) is 4.64. The largest absolute Gasteiger partial charge is 1.00 e. The molecule has 86 valence electrons. The molecule has 0 aliphatic rings. The summed E-state index contributed by atoms with van der Waals surface area (Å²) in [5.74, 6) is 0.255. The van der Waals surface area contributed by atoms with Gasteiger partial charge in [-0.2, -0.15) is 0 Å². The van der Waals surface area contributed by atoms with Gasteiger partial charge < -0.3 is 17.0 Å². The van der Waals surface area contributed by atoms with Crippen molar-refractivity contribution in [3.05, 3.63) is 37.6 Å². The van der Waals surface area contributed by atoms with Crippen molar-refractivity contribution in [3.63, 3.8) is 0 Å². The van der Waals surface area contributed by atoms with Crippen LogP contribution in [0.5, 0.6) is 0 Å². The minimum absolute atomic E-state index is 0. The number of rotatable bonds is 3. The van der Waals surface area contributed by atoms with Crippen molar-refractivity contribution in [1.29, 1.82) is 0 Å². The molecule has 0 bridgehead atoms. The van der Waals surface area contributed by atoms with E-state index in [2.05, 4.69) is 18.8 Å². The molecule has 2 heterocycles. The van der Waals surface area contributed by atoms with Crippen molar-refractivity contribution in [1.82, 2.24) is 0 Å². The maximum atomic E-state index is 11.9. The quantitative estimate of drug-likeness (QED) is 0.372. The number of hydrogen-bond acceptors (Lipinski definition) is 2. The van der Waals surface area contributed by atoms with Gasteiger partial charge in [0.25, 0.3) is 0 Å². The van der Waals surface area contributed by atoms with E-state index in [0.717, 1.165) is 4.44 Å². The smallest absolute Gasteiger partial charge is 1.00 e. The number of carbonyl (C=O) groups is 1. The van der Waals surface area contributed by atoms with Gasteiger partial charge in [-0.3, -0.25) is 0 Å². The molecule has 0 saturated heterocycles. The van der Waals surface area contributed by atoms with E-state index in [4.69, 9.17) is 0 Å². The minimum Gasteiger partial charge on any atom is -1.00 e. The van der Waals surface area contributed by atoms with E-state index < -0.39 is 0 Å². The van der Waals surface area contributed by atoms with Gasteiger partial charge in [0.15, 0.2) is 0 Å². The Morgan fingerprint density at radius 1 is 1.50 bits per heavy atom. The summed E-state index contributed by atoms with van der Waals surface area (Å²) in [6, 6.07) is 3.92. The van der Waals surface area contributed by atoms with Crippen molar-refractivity contribution in [3.8, 4) is 0 Å². The fraction of sp³-hybridized carbons (Fsp3) is 0.273. The SMILES string of the molecule is Cc1sc[n+](CC(=O)c2ccc[se]2)c1C.[Br-]. The van der Waals surface area contributed by atoms with Crippen LogP contribution in [0.25, 0.3) is 0 Å². The standard InChI is InChI=1S/C11H12NOSSe.BrH/c1-8-9(2)14-7-12(8)6-10(13)11-4-3-5-15-11;/h3-5,7H,6H2,1-2H3;1H/q+1;/p-1. The Morgan fingerprint density at radius 3 is 2.75 bits per heavy atom. The Morgan fingerprint density at radius 2 is 2.25 bits per heavy atom. The first-order chi connectivity index (χ1) is 7.18. The number of halogens is 1. The molecule has 0 aliphatic heterocycles. The van der Waals surface area contributed by atoms with Crippen molar-refractivity contribution >= 4 is 31.6 Å². The maximum Gasteiger partial charge on any atom is -1.00 e. The zero-order valence-electron chi connectivity index (χ0n) is 9.07. The number of aromatic nitrogens is 1. The third-order valence-corrected chi connectivity index (χ3v) is 5.33. The van der Waals surface area contributed by atoms with Crippen LogP contribution in [0.15, 0.2) is 22.6 Å². The van der Waals surface area contributed by atoms with Crippen LogP contribution >= 0.6 is 11.3 Å². The van der Waals surface area contributed by atoms with E-state index in [-0.39, 0.29) is 37.3 Å². The molecule has 0 aromatic carbocycles. The van der Waals surface area contributed by atoms with Gasteiger partial charge >= 0.3 is 99.0 Å². The zero-order chi connectivity index (χ0) is 10.8. The number of ketones is 1. The molecule has 0 saturated carbocycles. The van der Waals surface area contributed by atoms with Crippen LogP contribution in [0.3, 0.4) is 0 Å². The fourth-order valence-corrected chi connectivity index (χ4v) is 3.52. The number of aryl methyl sites for hydroxylation is 1. The third kappa shape index (κ3) is 2.92. The molecule has 0 amide bonds. The van der Waals surface area contributed by atoms with Gasteiger partial charge in [0.2, 0.25) is 0 Å². The number of thiazole rings is 1. The summed E-state index contributed by atoms with van der Waals surface area (Å²) in [6.07, 6.45) is 0. The fourth-order valence-electron chi connectivity index (χ4n) is 1.33. The molecule has 2 aromatic rings. The van der Waals surface area contributed by atoms with Crippen LogP contribution in [-0.4, -0.2) is 20.3 Å². The molecule has 0 unspecified atom stereocenters. The summed E-state index contributed by atoms with van der Waals surface area (Å²) in [7, 11) is 0. The first kappa shape index (κ1) is 13.8. The third-order valence-electron chi connectivity index (χ3n) is 2.41. The van der Waals surface area contributed by atoms with Crippen LogP contribution in [0.4, 0.5) is 0 Å². The Balaban J connectivity index is 0.00000128. The van der Waals surface area contributed by atoms with Crippen LogP contribution in [0.2, 0.25) is 0 Å². The topological polar surface area (TPSA) is 20.9 Å². The second-order valence-electron chi connectivity index (χ2n) is 3.39. The van der Waals surface area contributed by atoms with Crippen LogP contribution < -0.4 is 21.5 Å². The molecule has 16 heavy (non-hydrogen) atoms. The van der Waals surface area contributed by atoms with E-state index in [0.29, 0.717) is 6.54 Å². The normalized spacial score (nSPS) is 9.88. The molecule has 2 rings (SSSR count). The summed E-state index contributed by atoms with van der Waals surface area (Å²) in [4.78, 5) is 15.2. The van der Waals surface area contributed by atoms with Gasteiger partial charge in [-0.25, -0.2) is 0 Å². The van der Waals surface area contributed by atoms with Gasteiger partial charge in [-0.15, -0.1) is 0 Å². The molecule has 0 radical (unpaired) electrons. The number of nitrogens with zero attached hydrogens (tertiary/aromatic N) is 1. The van der Waals surface area contributed by atoms with Gasteiger partial charge in [0.1, 0.15) is 0 Å². The van der Waals surface area contributed by atoms with Crippen molar-refractivity contribution in [2.24, 2.45) is 0 Å². The van der Waals surface area contributed by atoms with Crippen LogP contribution in [-0.2, 0) is 6.54 Å². The summed E-state index contributed by atoms with van der Waals surface area (Å²) in [5.41, 5.74) is 3.23. The predicted octanol–water partition coefficient (Wildman–Crippen LogP) is -1.40. The molecule has 0 atom stereocenters. The summed E-state index contributed by atoms with van der Waals surface area (Å²) in [5, 5.41) is 0. The van der Waals surface area contributed by atoms with Crippen LogP contribution in [0, 0.1) is 13.8 Å². The van der Waals surface area contributed by atoms with E-state index in [9.17, 15) is 4.79 Å². The zero-order valence-corrected chi connectivity index (χ0v) is 13.2. The molecule has 0 spiro atoms. The van der Waals surface area contributed by atoms with Crippen molar-refractivity contribution in [2.45, 2.75) is 20.4 Å². The second-order valence-corrected chi connectivity index (χ2v) is 6.44. The van der Waals surface area contributed by atoms with E-state index in [1.54, 1.807) is 11.3 Å². The molecule has 0 fully saturated rings. The number of Topliss-reactive ketones (excluding diaryl/α,β-unsaturated/α-hetero) is 1. The number of carbonyl (C=O) groups excluding carboxylic acids is 1. The molecule has 0 aliphatic carbocycles. The van der Waals surface area contributed by atoms with Gasteiger partial charge in [0.05, 0.1) is 0 Å². The molecular weight excluding hydrogens is 353 g/mol. The first-order valence-corrected chi connectivity index (χ1v) is 7.42. The molecular formula is C11H12BrNOSSe. The number of hydrogen-bond donors (Lipinski definition) is 0. The molecule has 5 heteroatoms. The monoisotopic (exact) mass is 365 g/mol. The first-order valence-electron chi connectivity index (χ1n) is 4.69. The van der Waals surface area contributed by atoms with Gasteiger partial charge in [0, 0.05) is 0 Å². The van der Waals surface area contributed by atoms with E-state index in [1.165, 1.54) is 10.6 Å². The Hall–Kier alpha value is -0.221. The Bertz CT molecular complexity index is 478. The summed E-state index contributed by atoms with van der Waals surface area (Å²) < 4.78 is 3.02. The van der Waals surface area contributed by atoms with E-state index >= 15 is 0 Å². The molecule has 0 N–H and O–H groups in total.